The number of amides is 1. The highest BCUT2D eigenvalue weighted by Crippen LogP contribution is 2.35. The lowest BCUT2D eigenvalue weighted by Crippen LogP contribution is -2.37. The van der Waals surface area contributed by atoms with Gasteiger partial charge in [-0.05, 0) is 30.7 Å². The molecule has 1 saturated heterocycles. The van der Waals surface area contributed by atoms with Crippen molar-refractivity contribution in [2.75, 3.05) is 18.6 Å². The summed E-state index contributed by atoms with van der Waals surface area (Å²) < 4.78 is 24.4. The molecule has 0 aliphatic carbocycles. The summed E-state index contributed by atoms with van der Waals surface area (Å²) in [5.74, 6) is 0.0987. The largest absolute Gasteiger partial charge is 0.337 e. The van der Waals surface area contributed by atoms with Crippen LogP contribution in [-0.4, -0.2) is 48.8 Å². The Morgan fingerprint density at radius 1 is 1.20 bits per heavy atom. The topological polar surface area (TPSA) is 67.3 Å². The molecule has 130 valence electrons. The van der Waals surface area contributed by atoms with Crippen LogP contribution >= 0.6 is 22.7 Å². The van der Waals surface area contributed by atoms with E-state index in [2.05, 4.69) is 4.98 Å². The highest BCUT2D eigenvalue weighted by molar-refractivity contribution is 7.91. The Morgan fingerprint density at radius 2 is 2.00 bits per heavy atom. The Bertz CT molecular complexity index is 1020. The van der Waals surface area contributed by atoms with E-state index in [0.29, 0.717) is 11.3 Å². The van der Waals surface area contributed by atoms with Gasteiger partial charge in [0.1, 0.15) is 5.01 Å². The maximum atomic E-state index is 12.7. The number of thiazole rings is 1. The number of aromatic nitrogens is 1. The van der Waals surface area contributed by atoms with Gasteiger partial charge in [-0.25, -0.2) is 13.4 Å². The van der Waals surface area contributed by atoms with E-state index in [4.69, 9.17) is 0 Å². The van der Waals surface area contributed by atoms with Crippen LogP contribution in [0.1, 0.15) is 16.1 Å². The normalized spacial score (nSPS) is 19.3. The van der Waals surface area contributed by atoms with Gasteiger partial charge in [-0.1, -0.05) is 12.1 Å². The Labute approximate surface area is 153 Å². The van der Waals surface area contributed by atoms with Crippen LogP contribution < -0.4 is 0 Å². The van der Waals surface area contributed by atoms with Gasteiger partial charge >= 0.3 is 0 Å². The van der Waals surface area contributed by atoms with E-state index in [1.165, 1.54) is 11.3 Å². The van der Waals surface area contributed by atoms with Crippen molar-refractivity contribution in [2.24, 2.45) is 0 Å². The van der Waals surface area contributed by atoms with E-state index in [-0.39, 0.29) is 23.5 Å². The second kappa shape index (κ2) is 6.19. The van der Waals surface area contributed by atoms with Gasteiger partial charge in [-0.3, -0.25) is 4.79 Å². The van der Waals surface area contributed by atoms with Crippen LogP contribution in [0.15, 0.2) is 36.4 Å². The molecule has 0 saturated carbocycles. The lowest BCUT2D eigenvalue weighted by Gasteiger charge is -2.22. The fourth-order valence-corrected chi connectivity index (χ4v) is 6.75. The summed E-state index contributed by atoms with van der Waals surface area (Å²) in [5, 5.41) is 0.899. The molecule has 0 bridgehead atoms. The highest BCUT2D eigenvalue weighted by Gasteiger charge is 2.33. The van der Waals surface area contributed by atoms with Crippen molar-refractivity contribution in [3.63, 3.8) is 0 Å². The molecule has 2 aromatic heterocycles. The van der Waals surface area contributed by atoms with E-state index in [1.54, 1.807) is 29.4 Å². The maximum Gasteiger partial charge on any atom is 0.263 e. The fourth-order valence-electron chi connectivity index (χ4n) is 2.97. The van der Waals surface area contributed by atoms with Gasteiger partial charge in [0.25, 0.3) is 5.91 Å². The van der Waals surface area contributed by atoms with E-state index < -0.39 is 9.84 Å². The molecular weight excluding hydrogens is 376 g/mol. The van der Waals surface area contributed by atoms with Gasteiger partial charge in [0, 0.05) is 13.1 Å². The molecule has 25 heavy (non-hydrogen) atoms. The third-order valence-electron chi connectivity index (χ3n) is 4.40. The summed E-state index contributed by atoms with van der Waals surface area (Å²) in [7, 11) is -1.32. The molecule has 3 heterocycles. The summed E-state index contributed by atoms with van der Waals surface area (Å²) >= 11 is 3.01. The minimum absolute atomic E-state index is 0.0609. The fraction of sp³-hybridized carbons (Fsp3) is 0.294. The lowest BCUT2D eigenvalue weighted by molar-refractivity contribution is 0.0752. The summed E-state index contributed by atoms with van der Waals surface area (Å²) in [5.41, 5.74) is 0.956. The van der Waals surface area contributed by atoms with Crippen molar-refractivity contribution in [2.45, 2.75) is 12.5 Å². The predicted molar refractivity (Wildman–Crippen MR) is 102 cm³/mol. The number of carbonyl (C=O) groups excluding carboxylic acids is 1. The lowest BCUT2D eigenvalue weighted by atomic mass is 10.2. The Balaban J connectivity index is 1.57. The second-order valence-corrected chi connectivity index (χ2v) is 10.5. The molecular formula is C17H16N2O3S3. The minimum Gasteiger partial charge on any atom is -0.337 e. The summed E-state index contributed by atoms with van der Waals surface area (Å²) in [6, 6.07) is 11.4. The zero-order chi connectivity index (χ0) is 17.6. The van der Waals surface area contributed by atoms with Crippen molar-refractivity contribution < 1.29 is 13.2 Å². The Hall–Kier alpha value is -1.77. The van der Waals surface area contributed by atoms with Crippen LogP contribution in [0.5, 0.6) is 0 Å². The maximum absolute atomic E-state index is 12.7. The van der Waals surface area contributed by atoms with E-state index in [9.17, 15) is 13.2 Å². The average Bonchev–Trinajstić information content (AvgIpc) is 3.30. The molecule has 0 radical (unpaired) electrons. The molecule has 3 aromatic rings. The number of nitrogens with zero attached hydrogens (tertiary/aromatic N) is 2. The van der Waals surface area contributed by atoms with Crippen LogP contribution in [-0.2, 0) is 9.84 Å². The summed E-state index contributed by atoms with van der Waals surface area (Å²) in [6.07, 6.45) is 0.515. The number of benzene rings is 1. The van der Waals surface area contributed by atoms with Gasteiger partial charge in [-0.2, -0.15) is 0 Å². The molecule has 1 atom stereocenters. The first kappa shape index (κ1) is 16.7. The monoisotopic (exact) mass is 392 g/mol. The molecule has 0 spiro atoms. The zero-order valence-electron chi connectivity index (χ0n) is 13.5. The number of fused-ring (bicyclic) bond motifs is 1. The molecule has 1 amide bonds. The first-order valence-electron chi connectivity index (χ1n) is 7.86. The van der Waals surface area contributed by atoms with Gasteiger partial charge in [0.15, 0.2) is 9.84 Å². The summed E-state index contributed by atoms with van der Waals surface area (Å²) in [6.45, 7) is 0. The predicted octanol–water partition coefficient (Wildman–Crippen LogP) is 3.28. The number of para-hydroxylation sites is 1. The highest BCUT2D eigenvalue weighted by atomic mass is 32.2. The third-order valence-corrected chi connectivity index (χ3v) is 8.43. The molecule has 5 nitrogen and oxygen atoms in total. The molecule has 1 aliphatic rings. The molecule has 8 heteroatoms. The first-order chi connectivity index (χ1) is 11.9. The number of carbonyl (C=O) groups is 1. The molecule has 0 N–H and O–H groups in total. The number of hydrogen-bond donors (Lipinski definition) is 0. The standard InChI is InChI=1S/C17H16N2O3S3/c1-19(11-8-9-25(21,22)10-11)17(20)15-7-6-14(23-15)16-18-12-4-2-3-5-13(12)24-16/h2-7,11H,8-10H2,1H3. The number of sulfone groups is 1. The number of thiophene rings is 1. The zero-order valence-corrected chi connectivity index (χ0v) is 16.0. The van der Waals surface area contributed by atoms with Crippen LogP contribution in [0.4, 0.5) is 0 Å². The molecule has 1 aromatic carbocycles. The van der Waals surface area contributed by atoms with Crippen molar-refractivity contribution >= 4 is 48.6 Å². The quantitative estimate of drug-likeness (QED) is 0.686. The van der Waals surface area contributed by atoms with Crippen molar-refractivity contribution in [1.82, 2.24) is 9.88 Å². The molecule has 1 fully saturated rings. The Morgan fingerprint density at radius 3 is 2.72 bits per heavy atom. The first-order valence-corrected chi connectivity index (χ1v) is 11.3. The molecule has 1 aliphatic heterocycles. The second-order valence-electron chi connectivity index (χ2n) is 6.12. The van der Waals surface area contributed by atoms with Gasteiger partial charge < -0.3 is 4.90 Å². The third kappa shape index (κ3) is 3.21. The van der Waals surface area contributed by atoms with Crippen LogP contribution in [0, 0.1) is 0 Å². The van der Waals surface area contributed by atoms with Crippen LogP contribution in [0.3, 0.4) is 0 Å². The van der Waals surface area contributed by atoms with Gasteiger partial charge in [0.2, 0.25) is 0 Å². The van der Waals surface area contributed by atoms with Crippen LogP contribution in [0.2, 0.25) is 0 Å². The molecule has 1 unspecified atom stereocenters. The van der Waals surface area contributed by atoms with E-state index >= 15 is 0 Å². The number of hydrogen-bond acceptors (Lipinski definition) is 6. The Kier molecular flexibility index (Phi) is 4.13. The molecule has 4 rings (SSSR count). The van der Waals surface area contributed by atoms with Crippen molar-refractivity contribution in [1.29, 1.82) is 0 Å². The van der Waals surface area contributed by atoms with Gasteiger partial charge in [-0.15, -0.1) is 22.7 Å². The number of rotatable bonds is 3. The SMILES string of the molecule is CN(C(=O)c1ccc(-c2nc3ccccc3s2)s1)C1CCS(=O)(=O)C1. The summed E-state index contributed by atoms with van der Waals surface area (Å²) in [4.78, 5) is 20.4. The van der Waals surface area contributed by atoms with Crippen molar-refractivity contribution in [3.05, 3.63) is 41.3 Å². The van der Waals surface area contributed by atoms with Gasteiger partial charge in [0.05, 0.1) is 31.5 Å². The van der Waals surface area contributed by atoms with Crippen LogP contribution in [0.25, 0.3) is 20.1 Å². The van der Waals surface area contributed by atoms with E-state index in [1.807, 2.05) is 30.3 Å². The van der Waals surface area contributed by atoms with E-state index in [0.717, 1.165) is 20.1 Å². The smallest absolute Gasteiger partial charge is 0.263 e. The minimum atomic E-state index is -3.01. The average molecular weight is 393 g/mol. The van der Waals surface area contributed by atoms with Crippen molar-refractivity contribution in [3.8, 4) is 9.88 Å².